The summed E-state index contributed by atoms with van der Waals surface area (Å²) in [5.41, 5.74) is 2.11. The Balaban J connectivity index is 1.56. The third-order valence-electron chi connectivity index (χ3n) is 6.70. The van der Waals surface area contributed by atoms with Gasteiger partial charge in [-0.3, -0.25) is 19.3 Å². The molecule has 3 amide bonds. The molecule has 2 N–H and O–H groups in total. The van der Waals surface area contributed by atoms with Gasteiger partial charge in [0.15, 0.2) is 0 Å². The predicted octanol–water partition coefficient (Wildman–Crippen LogP) is 5.47. The Labute approximate surface area is 222 Å². The lowest BCUT2D eigenvalue weighted by atomic mass is 10.00. The maximum absolute atomic E-state index is 13.8. The minimum Gasteiger partial charge on any atom is -0.351 e. The van der Waals surface area contributed by atoms with Crippen LogP contribution in [0.4, 0.5) is 15.9 Å². The van der Waals surface area contributed by atoms with Gasteiger partial charge in [-0.2, -0.15) is 0 Å². The minimum atomic E-state index is -0.934. The highest BCUT2D eigenvalue weighted by Gasteiger charge is 2.34. The lowest BCUT2D eigenvalue weighted by molar-refractivity contribution is -0.127. The number of aryl methyl sites for hydroxylation is 1. The maximum Gasteiger partial charge on any atom is 0.248 e. The summed E-state index contributed by atoms with van der Waals surface area (Å²) in [4.78, 5) is 45.3. The van der Waals surface area contributed by atoms with E-state index < -0.39 is 11.9 Å². The highest BCUT2D eigenvalue weighted by molar-refractivity contribution is 6.01. The van der Waals surface area contributed by atoms with Gasteiger partial charge in [-0.15, -0.1) is 0 Å². The number of hydrogen-bond donors (Lipinski definition) is 2. The first-order valence-electron chi connectivity index (χ1n) is 13.1. The van der Waals surface area contributed by atoms with E-state index >= 15 is 0 Å². The fraction of sp³-hybridized carbons (Fsp3) is 0.333. The molecule has 1 saturated carbocycles. The molecule has 8 heteroatoms. The molecule has 198 valence electrons. The standard InChI is InChI=1S/C30H33FN4O3/c1-21-12-14-22(15-13-21)29(30(38)33-24-7-2-3-8-24)35(25-18-16-23(31)17-19-25)28(37)11-6-10-27(36)34-26-9-4-5-20-32-26/h4-5,9,12-20,24,29H,2-3,6-8,10-11H2,1H3,(H,33,38)(H,32,34,36)/t29-/m0/s1. The average Bonchev–Trinajstić information content (AvgIpc) is 3.42. The van der Waals surface area contributed by atoms with E-state index in [9.17, 15) is 18.8 Å². The van der Waals surface area contributed by atoms with E-state index in [4.69, 9.17) is 0 Å². The molecule has 4 rings (SSSR count). The van der Waals surface area contributed by atoms with Crippen molar-refractivity contribution in [1.29, 1.82) is 0 Å². The van der Waals surface area contributed by atoms with Gasteiger partial charge in [-0.25, -0.2) is 9.37 Å². The number of anilines is 2. The highest BCUT2D eigenvalue weighted by atomic mass is 19.1. The molecule has 1 heterocycles. The first kappa shape index (κ1) is 27.0. The molecule has 1 aromatic heterocycles. The predicted molar refractivity (Wildman–Crippen MR) is 145 cm³/mol. The van der Waals surface area contributed by atoms with E-state index in [1.165, 1.54) is 29.2 Å². The molecular weight excluding hydrogens is 483 g/mol. The van der Waals surface area contributed by atoms with Gasteiger partial charge in [0.2, 0.25) is 17.7 Å². The number of aromatic nitrogens is 1. The Morgan fingerprint density at radius 2 is 1.68 bits per heavy atom. The normalized spacial score (nSPS) is 14.1. The van der Waals surface area contributed by atoms with Crippen LogP contribution in [0.2, 0.25) is 0 Å². The monoisotopic (exact) mass is 516 g/mol. The van der Waals surface area contributed by atoms with Gasteiger partial charge in [0, 0.05) is 30.8 Å². The molecule has 0 bridgehead atoms. The zero-order valence-electron chi connectivity index (χ0n) is 21.5. The number of pyridine rings is 1. The molecule has 1 atom stereocenters. The van der Waals surface area contributed by atoms with Gasteiger partial charge >= 0.3 is 0 Å². The molecule has 1 fully saturated rings. The molecule has 0 unspecified atom stereocenters. The molecule has 1 aliphatic carbocycles. The quantitative estimate of drug-likeness (QED) is 0.374. The third-order valence-corrected chi connectivity index (χ3v) is 6.70. The van der Waals surface area contributed by atoms with Crippen LogP contribution >= 0.6 is 0 Å². The smallest absolute Gasteiger partial charge is 0.248 e. The minimum absolute atomic E-state index is 0.0338. The van der Waals surface area contributed by atoms with E-state index in [1.807, 2.05) is 31.2 Å². The average molecular weight is 517 g/mol. The second kappa shape index (κ2) is 12.9. The van der Waals surface area contributed by atoms with Gasteiger partial charge in [0.25, 0.3) is 0 Å². The number of carbonyl (C=O) groups is 3. The molecule has 0 radical (unpaired) electrons. The van der Waals surface area contributed by atoms with Crippen LogP contribution < -0.4 is 15.5 Å². The largest absolute Gasteiger partial charge is 0.351 e. The van der Waals surface area contributed by atoms with Gasteiger partial charge in [0.05, 0.1) is 0 Å². The van der Waals surface area contributed by atoms with Crippen LogP contribution in [0, 0.1) is 12.7 Å². The van der Waals surface area contributed by atoms with Crippen molar-refractivity contribution in [2.24, 2.45) is 0 Å². The SMILES string of the molecule is Cc1ccc([C@@H](C(=O)NC2CCCC2)N(C(=O)CCCC(=O)Nc2ccccn2)c2ccc(F)cc2)cc1. The van der Waals surface area contributed by atoms with Crippen LogP contribution in [-0.4, -0.2) is 28.7 Å². The fourth-order valence-corrected chi connectivity index (χ4v) is 4.72. The molecule has 7 nitrogen and oxygen atoms in total. The van der Waals surface area contributed by atoms with Gasteiger partial charge in [-0.1, -0.05) is 48.7 Å². The topological polar surface area (TPSA) is 91.4 Å². The van der Waals surface area contributed by atoms with E-state index in [0.29, 0.717) is 17.1 Å². The number of nitrogens with zero attached hydrogens (tertiary/aromatic N) is 2. The summed E-state index contributed by atoms with van der Waals surface area (Å²) >= 11 is 0. The fourth-order valence-electron chi connectivity index (χ4n) is 4.72. The zero-order chi connectivity index (χ0) is 26.9. The summed E-state index contributed by atoms with van der Waals surface area (Å²) in [6.45, 7) is 1.95. The Kier molecular flexibility index (Phi) is 9.19. The first-order valence-corrected chi connectivity index (χ1v) is 13.1. The molecule has 3 aromatic rings. The summed E-state index contributed by atoms with van der Waals surface area (Å²) in [5, 5.41) is 5.85. The van der Waals surface area contributed by atoms with E-state index in [1.54, 1.807) is 24.4 Å². The number of amides is 3. The van der Waals surface area contributed by atoms with Gasteiger partial charge < -0.3 is 10.6 Å². The number of rotatable bonds is 10. The van der Waals surface area contributed by atoms with Crippen molar-refractivity contribution in [3.05, 3.63) is 89.9 Å². The number of benzene rings is 2. The van der Waals surface area contributed by atoms with Crippen molar-refractivity contribution in [2.75, 3.05) is 10.2 Å². The number of halogens is 1. The molecule has 0 spiro atoms. The van der Waals surface area contributed by atoms with Crippen molar-refractivity contribution in [3.8, 4) is 0 Å². The summed E-state index contributed by atoms with van der Waals surface area (Å²) in [7, 11) is 0. The molecule has 0 aliphatic heterocycles. The van der Waals surface area contributed by atoms with E-state index in [-0.39, 0.29) is 43.0 Å². The molecule has 0 saturated heterocycles. The second-order valence-corrected chi connectivity index (χ2v) is 9.66. The van der Waals surface area contributed by atoms with Gasteiger partial charge in [-0.05, 0) is 68.1 Å². The Hall–Kier alpha value is -4.07. The summed E-state index contributed by atoms with van der Waals surface area (Å²) in [6.07, 6.45) is 5.93. The van der Waals surface area contributed by atoms with Crippen molar-refractivity contribution >= 4 is 29.2 Å². The molecular formula is C30H33FN4O3. The van der Waals surface area contributed by atoms with Crippen molar-refractivity contribution in [3.63, 3.8) is 0 Å². The molecule has 38 heavy (non-hydrogen) atoms. The van der Waals surface area contributed by atoms with Crippen molar-refractivity contribution in [2.45, 2.75) is 64.0 Å². The van der Waals surface area contributed by atoms with Crippen LogP contribution in [0.15, 0.2) is 72.9 Å². The van der Waals surface area contributed by atoms with E-state index in [2.05, 4.69) is 15.6 Å². The summed E-state index contributed by atoms with van der Waals surface area (Å²) < 4.78 is 13.8. The van der Waals surface area contributed by atoms with Crippen molar-refractivity contribution < 1.29 is 18.8 Å². The van der Waals surface area contributed by atoms with Crippen LogP contribution in [0.1, 0.15) is 62.1 Å². The number of carbonyl (C=O) groups excluding carboxylic acids is 3. The Morgan fingerprint density at radius 1 is 0.974 bits per heavy atom. The van der Waals surface area contributed by atoms with Crippen LogP contribution in [0.5, 0.6) is 0 Å². The summed E-state index contributed by atoms with van der Waals surface area (Å²) in [5.74, 6) is -0.839. The van der Waals surface area contributed by atoms with E-state index in [0.717, 1.165) is 31.2 Å². The van der Waals surface area contributed by atoms with Gasteiger partial charge in [0.1, 0.15) is 17.7 Å². The lowest BCUT2D eigenvalue weighted by Gasteiger charge is -2.32. The second-order valence-electron chi connectivity index (χ2n) is 9.66. The van der Waals surface area contributed by atoms with Crippen LogP contribution in [0.25, 0.3) is 0 Å². The highest BCUT2D eigenvalue weighted by Crippen LogP contribution is 2.30. The number of nitrogens with one attached hydrogen (secondary N) is 2. The lowest BCUT2D eigenvalue weighted by Crippen LogP contribution is -2.46. The number of hydrogen-bond acceptors (Lipinski definition) is 4. The van der Waals surface area contributed by atoms with Crippen molar-refractivity contribution in [1.82, 2.24) is 10.3 Å². The van der Waals surface area contributed by atoms with Crippen LogP contribution in [-0.2, 0) is 14.4 Å². The maximum atomic E-state index is 13.8. The molecule has 2 aromatic carbocycles. The molecule has 1 aliphatic rings. The third kappa shape index (κ3) is 7.25. The Morgan fingerprint density at radius 3 is 2.34 bits per heavy atom. The first-order chi connectivity index (χ1) is 18.4. The summed E-state index contributed by atoms with van der Waals surface area (Å²) in [6, 6.07) is 17.4. The van der Waals surface area contributed by atoms with Crippen LogP contribution in [0.3, 0.4) is 0 Å². The zero-order valence-corrected chi connectivity index (χ0v) is 21.5. The Bertz CT molecular complexity index is 1230.